The Bertz CT molecular complexity index is 441. The molecule has 0 aromatic heterocycles. The molecule has 0 spiro atoms. The van der Waals surface area contributed by atoms with Crippen molar-refractivity contribution in [3.05, 3.63) is 27.7 Å². The van der Waals surface area contributed by atoms with Crippen LogP contribution < -0.4 is 16.2 Å². The average Bonchev–Trinajstić information content (AvgIpc) is 2.16. The Hall–Kier alpha value is -1.46. The molecule has 0 heterocycles. The lowest BCUT2D eigenvalue weighted by molar-refractivity contribution is 0.414. The molecular formula is C9H10Cl2N4O. The second-order valence-corrected chi connectivity index (χ2v) is 3.62. The fourth-order valence-corrected chi connectivity index (χ4v) is 1.64. The zero-order valence-electron chi connectivity index (χ0n) is 8.45. The molecule has 0 atom stereocenters. The summed E-state index contributed by atoms with van der Waals surface area (Å²) in [5.41, 5.74) is 10.8. The van der Waals surface area contributed by atoms with Gasteiger partial charge in [0.05, 0.1) is 18.3 Å². The lowest BCUT2D eigenvalue weighted by Crippen LogP contribution is -2.21. The largest absolute Gasteiger partial charge is 0.495 e. The number of nitrogens with two attached hydrogens (primary N) is 2. The third kappa shape index (κ3) is 3.29. The summed E-state index contributed by atoms with van der Waals surface area (Å²) in [6, 6.07) is 3.21. The molecule has 0 aliphatic carbocycles. The number of nitrogens with zero attached hydrogens (tertiary/aromatic N) is 2. The minimum atomic E-state index is -0.136. The van der Waals surface area contributed by atoms with Gasteiger partial charge in [0.25, 0.3) is 0 Å². The van der Waals surface area contributed by atoms with E-state index in [2.05, 4.69) is 10.2 Å². The van der Waals surface area contributed by atoms with Gasteiger partial charge in [0.15, 0.2) is 0 Å². The fraction of sp³-hybridized carbons (Fsp3) is 0.111. The first-order valence-electron chi connectivity index (χ1n) is 4.19. The number of ether oxygens (including phenoxy) is 1. The molecule has 0 bridgehead atoms. The molecule has 0 radical (unpaired) electrons. The topological polar surface area (TPSA) is 86.0 Å². The molecule has 0 saturated heterocycles. The molecule has 1 aromatic carbocycles. The van der Waals surface area contributed by atoms with E-state index in [9.17, 15) is 0 Å². The highest BCUT2D eigenvalue weighted by Crippen LogP contribution is 2.31. The number of benzene rings is 1. The van der Waals surface area contributed by atoms with E-state index in [1.165, 1.54) is 13.3 Å². The van der Waals surface area contributed by atoms with Crippen molar-refractivity contribution >= 4 is 35.4 Å². The van der Waals surface area contributed by atoms with E-state index in [-0.39, 0.29) is 5.96 Å². The summed E-state index contributed by atoms with van der Waals surface area (Å²) >= 11 is 11.8. The Morgan fingerprint density at radius 1 is 1.38 bits per heavy atom. The SMILES string of the molecule is COc1c(Cl)cc(Cl)cc1C=NN=C(N)N. The zero-order valence-corrected chi connectivity index (χ0v) is 9.96. The van der Waals surface area contributed by atoms with Crippen LogP contribution in [0.4, 0.5) is 0 Å². The minimum absolute atomic E-state index is 0.136. The van der Waals surface area contributed by atoms with Crippen LogP contribution in [0.15, 0.2) is 22.3 Å². The van der Waals surface area contributed by atoms with Gasteiger partial charge in [-0.15, -0.1) is 5.10 Å². The molecule has 0 saturated carbocycles. The van der Waals surface area contributed by atoms with Gasteiger partial charge >= 0.3 is 0 Å². The molecule has 4 N–H and O–H groups in total. The van der Waals surface area contributed by atoms with Crippen LogP contribution in [0.5, 0.6) is 5.75 Å². The van der Waals surface area contributed by atoms with Gasteiger partial charge in [0, 0.05) is 10.6 Å². The van der Waals surface area contributed by atoms with Crippen molar-refractivity contribution in [2.75, 3.05) is 7.11 Å². The zero-order chi connectivity index (χ0) is 12.1. The van der Waals surface area contributed by atoms with Crippen LogP contribution in [0.3, 0.4) is 0 Å². The molecular weight excluding hydrogens is 251 g/mol. The molecule has 16 heavy (non-hydrogen) atoms. The second kappa shape index (κ2) is 5.58. The second-order valence-electron chi connectivity index (χ2n) is 2.78. The third-order valence-electron chi connectivity index (χ3n) is 1.61. The molecule has 7 heteroatoms. The van der Waals surface area contributed by atoms with Gasteiger partial charge in [0.1, 0.15) is 5.75 Å². The highest BCUT2D eigenvalue weighted by Gasteiger charge is 2.07. The first-order valence-corrected chi connectivity index (χ1v) is 4.95. The van der Waals surface area contributed by atoms with E-state index in [1.807, 2.05) is 0 Å². The van der Waals surface area contributed by atoms with Crippen molar-refractivity contribution in [1.29, 1.82) is 0 Å². The van der Waals surface area contributed by atoms with E-state index in [4.69, 9.17) is 39.4 Å². The summed E-state index contributed by atoms with van der Waals surface area (Å²) in [6.45, 7) is 0. The average molecular weight is 261 g/mol. The van der Waals surface area contributed by atoms with E-state index >= 15 is 0 Å². The third-order valence-corrected chi connectivity index (χ3v) is 2.11. The van der Waals surface area contributed by atoms with Crippen LogP contribution in [0.2, 0.25) is 10.0 Å². The minimum Gasteiger partial charge on any atom is -0.495 e. The van der Waals surface area contributed by atoms with Gasteiger partial charge in [-0.1, -0.05) is 23.2 Å². The Morgan fingerprint density at radius 3 is 2.62 bits per heavy atom. The monoisotopic (exact) mass is 260 g/mol. The predicted octanol–water partition coefficient (Wildman–Crippen LogP) is 1.61. The highest BCUT2D eigenvalue weighted by molar-refractivity contribution is 6.36. The predicted molar refractivity (Wildman–Crippen MR) is 66.4 cm³/mol. The fourth-order valence-electron chi connectivity index (χ4n) is 1.05. The summed E-state index contributed by atoms with van der Waals surface area (Å²) < 4.78 is 5.10. The Labute approximate surface area is 103 Å². The summed E-state index contributed by atoms with van der Waals surface area (Å²) in [6.07, 6.45) is 1.40. The van der Waals surface area contributed by atoms with Crippen LogP contribution >= 0.6 is 23.2 Å². The maximum absolute atomic E-state index is 5.92. The van der Waals surface area contributed by atoms with Crippen LogP contribution in [0, 0.1) is 0 Å². The van der Waals surface area contributed by atoms with Crippen molar-refractivity contribution in [2.45, 2.75) is 0 Å². The van der Waals surface area contributed by atoms with Gasteiger partial charge in [-0.25, -0.2) is 0 Å². The number of methoxy groups -OCH3 is 1. The quantitative estimate of drug-likeness (QED) is 0.492. The smallest absolute Gasteiger partial charge is 0.211 e. The molecule has 0 aliphatic rings. The lowest BCUT2D eigenvalue weighted by Gasteiger charge is -2.06. The van der Waals surface area contributed by atoms with Gasteiger partial charge in [-0.05, 0) is 12.1 Å². The van der Waals surface area contributed by atoms with E-state index in [1.54, 1.807) is 12.1 Å². The molecule has 0 amide bonds. The molecule has 86 valence electrons. The Morgan fingerprint density at radius 2 is 2.06 bits per heavy atom. The van der Waals surface area contributed by atoms with Crippen LogP contribution in [-0.2, 0) is 0 Å². The van der Waals surface area contributed by atoms with Crippen molar-refractivity contribution in [1.82, 2.24) is 0 Å². The number of rotatable bonds is 3. The Balaban J connectivity index is 3.12. The maximum Gasteiger partial charge on any atom is 0.211 e. The van der Waals surface area contributed by atoms with Gasteiger partial charge < -0.3 is 16.2 Å². The summed E-state index contributed by atoms with van der Waals surface area (Å²) in [4.78, 5) is 0. The molecule has 0 aliphatic heterocycles. The van der Waals surface area contributed by atoms with Crippen LogP contribution in [-0.4, -0.2) is 19.3 Å². The number of halogens is 2. The summed E-state index contributed by atoms with van der Waals surface area (Å²) in [7, 11) is 1.49. The normalized spacial score (nSPS) is 10.4. The first kappa shape index (κ1) is 12.6. The number of hydrogen-bond donors (Lipinski definition) is 2. The van der Waals surface area contributed by atoms with E-state index in [0.29, 0.717) is 21.4 Å². The molecule has 1 rings (SSSR count). The molecule has 0 fully saturated rings. The standard InChI is InChI=1S/C9H10Cl2N4O/c1-16-8-5(4-14-15-9(12)13)2-6(10)3-7(8)11/h2-4H,1H3,(H4,12,13,15). The van der Waals surface area contributed by atoms with Gasteiger partial charge in [-0.2, -0.15) is 5.10 Å². The highest BCUT2D eigenvalue weighted by atomic mass is 35.5. The molecule has 5 nitrogen and oxygen atoms in total. The number of guanidine groups is 1. The first-order chi connectivity index (χ1) is 7.54. The van der Waals surface area contributed by atoms with Crippen molar-refractivity contribution in [2.24, 2.45) is 21.7 Å². The van der Waals surface area contributed by atoms with Crippen LogP contribution in [0.1, 0.15) is 5.56 Å². The molecule has 0 unspecified atom stereocenters. The van der Waals surface area contributed by atoms with Crippen molar-refractivity contribution in [3.8, 4) is 5.75 Å². The van der Waals surface area contributed by atoms with E-state index in [0.717, 1.165) is 0 Å². The van der Waals surface area contributed by atoms with Gasteiger partial charge in [0.2, 0.25) is 5.96 Å². The summed E-state index contributed by atoms with van der Waals surface area (Å²) in [5.74, 6) is 0.323. The lowest BCUT2D eigenvalue weighted by atomic mass is 10.2. The van der Waals surface area contributed by atoms with Crippen molar-refractivity contribution < 1.29 is 4.74 Å². The molecule has 1 aromatic rings. The van der Waals surface area contributed by atoms with Crippen molar-refractivity contribution in [3.63, 3.8) is 0 Å². The summed E-state index contributed by atoms with van der Waals surface area (Å²) in [5, 5.41) is 7.96. The van der Waals surface area contributed by atoms with E-state index < -0.39 is 0 Å². The maximum atomic E-state index is 5.92. The number of hydrogen-bond acceptors (Lipinski definition) is 3. The Kier molecular flexibility index (Phi) is 4.39. The van der Waals surface area contributed by atoms with Gasteiger partial charge in [-0.3, -0.25) is 0 Å². The van der Waals surface area contributed by atoms with Crippen LogP contribution in [0.25, 0.3) is 0 Å².